The first-order chi connectivity index (χ1) is 8.08. The molecule has 2 rings (SSSR count). The lowest BCUT2D eigenvalue weighted by molar-refractivity contribution is 0.0690. The first-order valence-corrected chi connectivity index (χ1v) is 4.54. The zero-order valence-corrected chi connectivity index (χ0v) is 8.44. The fraction of sp³-hybridized carbons (Fsp3) is 0. The number of hydrogen-bond donors (Lipinski definition) is 2. The van der Waals surface area contributed by atoms with E-state index in [4.69, 9.17) is 10.2 Å². The highest BCUT2D eigenvalue weighted by Crippen LogP contribution is 2.20. The molecule has 1 aromatic heterocycles. The van der Waals surface area contributed by atoms with Gasteiger partial charge in [-0.05, 0) is 12.1 Å². The number of carboxylic acids is 1. The minimum Gasteiger partial charge on any atom is -0.477 e. The van der Waals surface area contributed by atoms with Crippen molar-refractivity contribution in [2.45, 2.75) is 0 Å². The van der Waals surface area contributed by atoms with E-state index < -0.39 is 12.1 Å². The minimum atomic E-state index is -1.18. The van der Waals surface area contributed by atoms with Gasteiger partial charge in [-0.15, -0.1) is 0 Å². The largest absolute Gasteiger partial charge is 0.477 e. The number of anilines is 1. The molecule has 0 unspecified atom stereocenters. The second-order valence-corrected chi connectivity index (χ2v) is 3.11. The van der Waals surface area contributed by atoms with Crippen molar-refractivity contribution >= 4 is 17.9 Å². The summed E-state index contributed by atoms with van der Waals surface area (Å²) < 4.78 is 0. The number of nitrogens with zero attached hydrogens (tertiary/aromatic N) is 3. The van der Waals surface area contributed by atoms with Crippen LogP contribution in [0.1, 0.15) is 10.5 Å². The summed E-state index contributed by atoms with van der Waals surface area (Å²) in [5, 5.41) is 17.5. The van der Waals surface area contributed by atoms with Gasteiger partial charge in [0.2, 0.25) is 6.67 Å². The van der Waals surface area contributed by atoms with Gasteiger partial charge in [0.05, 0.1) is 0 Å². The summed E-state index contributed by atoms with van der Waals surface area (Å²) in [4.78, 5) is 27.3. The zero-order valence-electron chi connectivity index (χ0n) is 8.44. The highest BCUT2D eigenvalue weighted by atomic mass is 16.4. The number of pyridine rings is 1. The Morgan fingerprint density at radius 1 is 1.24 bits per heavy atom. The first-order valence-electron chi connectivity index (χ1n) is 4.54. The molecule has 86 valence electrons. The van der Waals surface area contributed by atoms with Crippen molar-refractivity contribution in [3.63, 3.8) is 0 Å². The second-order valence-electron chi connectivity index (χ2n) is 3.11. The van der Waals surface area contributed by atoms with Crippen molar-refractivity contribution in [1.29, 1.82) is 0 Å². The second kappa shape index (κ2) is 4.12. The van der Waals surface area contributed by atoms with Crippen molar-refractivity contribution in [1.82, 2.24) is 9.88 Å². The molecule has 0 spiro atoms. The Balaban J connectivity index is 2.20. The Morgan fingerprint density at radius 3 is 2.59 bits per heavy atom. The molecule has 1 aliphatic rings. The number of carbonyl (C=O) groups is 2. The first kappa shape index (κ1) is 10.9. The maximum atomic E-state index is 10.7. The molecule has 2 heterocycles. The summed E-state index contributed by atoms with van der Waals surface area (Å²) >= 11 is 0. The predicted molar refractivity (Wildman–Crippen MR) is 55.9 cm³/mol. The molecule has 7 nitrogen and oxygen atoms in total. The third kappa shape index (κ3) is 2.17. The number of hydrogen-bond acceptors (Lipinski definition) is 4. The summed E-state index contributed by atoms with van der Waals surface area (Å²) in [6.07, 6.45) is 1.51. The SMILES string of the molecule is O=C(O)c1cccc(N2[C]N(C(=O)O)C=C2)n1. The van der Waals surface area contributed by atoms with Crippen molar-refractivity contribution in [2.24, 2.45) is 0 Å². The van der Waals surface area contributed by atoms with E-state index in [-0.39, 0.29) is 11.5 Å². The number of carboxylic acid groups (broad SMARTS) is 2. The van der Waals surface area contributed by atoms with Gasteiger partial charge in [-0.1, -0.05) is 6.07 Å². The fourth-order valence-electron chi connectivity index (χ4n) is 1.23. The lowest BCUT2D eigenvalue weighted by Gasteiger charge is -2.14. The van der Waals surface area contributed by atoms with Gasteiger partial charge >= 0.3 is 12.1 Å². The third-order valence-electron chi connectivity index (χ3n) is 1.99. The van der Waals surface area contributed by atoms with E-state index in [1.165, 1.54) is 29.4 Å². The Kier molecular flexibility index (Phi) is 2.65. The van der Waals surface area contributed by atoms with Crippen LogP contribution in [0.4, 0.5) is 10.6 Å². The lowest BCUT2D eigenvalue weighted by atomic mass is 10.3. The average Bonchev–Trinajstić information content (AvgIpc) is 2.78. The Morgan fingerprint density at radius 2 is 2.00 bits per heavy atom. The number of aromatic carboxylic acids is 1. The molecule has 2 N–H and O–H groups in total. The monoisotopic (exact) mass is 233 g/mol. The zero-order chi connectivity index (χ0) is 12.4. The molecule has 0 saturated carbocycles. The third-order valence-corrected chi connectivity index (χ3v) is 1.99. The topological polar surface area (TPSA) is 94.0 Å². The van der Waals surface area contributed by atoms with Crippen LogP contribution in [0.25, 0.3) is 0 Å². The van der Waals surface area contributed by atoms with E-state index in [0.717, 1.165) is 4.90 Å². The number of amides is 1. The quantitative estimate of drug-likeness (QED) is 0.792. The van der Waals surface area contributed by atoms with Crippen LogP contribution in [0.5, 0.6) is 0 Å². The maximum absolute atomic E-state index is 10.7. The predicted octanol–water partition coefficient (Wildman–Crippen LogP) is 1.05. The average molecular weight is 233 g/mol. The van der Waals surface area contributed by atoms with Crippen molar-refractivity contribution in [3.8, 4) is 0 Å². The van der Waals surface area contributed by atoms with Gasteiger partial charge in [0.15, 0.2) is 5.69 Å². The number of rotatable bonds is 2. The molecule has 0 saturated heterocycles. The van der Waals surface area contributed by atoms with Crippen LogP contribution in [-0.2, 0) is 0 Å². The van der Waals surface area contributed by atoms with Crippen LogP contribution in [0, 0.1) is 6.67 Å². The summed E-state index contributed by atoms with van der Waals surface area (Å²) in [7, 11) is 0. The smallest absolute Gasteiger partial charge is 0.413 e. The van der Waals surface area contributed by atoms with E-state index in [2.05, 4.69) is 11.7 Å². The van der Waals surface area contributed by atoms with E-state index in [1.54, 1.807) is 6.07 Å². The summed E-state index contributed by atoms with van der Waals surface area (Å²) in [5.41, 5.74) is -0.119. The number of aromatic nitrogens is 1. The van der Waals surface area contributed by atoms with E-state index >= 15 is 0 Å². The molecule has 0 aromatic carbocycles. The maximum Gasteiger partial charge on any atom is 0.413 e. The van der Waals surface area contributed by atoms with Gasteiger partial charge in [0, 0.05) is 12.4 Å². The van der Waals surface area contributed by atoms with Crippen molar-refractivity contribution in [3.05, 3.63) is 43.0 Å². The molecule has 17 heavy (non-hydrogen) atoms. The van der Waals surface area contributed by atoms with Crippen LogP contribution in [0.3, 0.4) is 0 Å². The van der Waals surface area contributed by atoms with Crippen molar-refractivity contribution in [2.75, 3.05) is 4.90 Å². The van der Waals surface area contributed by atoms with Gasteiger partial charge in [-0.3, -0.25) is 9.80 Å². The van der Waals surface area contributed by atoms with Gasteiger partial charge in [-0.2, -0.15) is 0 Å². The van der Waals surface area contributed by atoms with Gasteiger partial charge in [0.25, 0.3) is 0 Å². The van der Waals surface area contributed by atoms with Gasteiger partial charge in [0.1, 0.15) is 5.82 Å². The van der Waals surface area contributed by atoms with E-state index in [9.17, 15) is 9.59 Å². The van der Waals surface area contributed by atoms with Gasteiger partial charge < -0.3 is 10.2 Å². The highest BCUT2D eigenvalue weighted by Gasteiger charge is 2.22. The van der Waals surface area contributed by atoms with Crippen molar-refractivity contribution < 1.29 is 19.8 Å². The minimum absolute atomic E-state index is 0.119. The summed E-state index contributed by atoms with van der Waals surface area (Å²) in [5.74, 6) is -0.866. The summed E-state index contributed by atoms with van der Waals surface area (Å²) in [6, 6.07) is 4.42. The molecule has 0 aliphatic carbocycles. The molecule has 1 aliphatic heterocycles. The standard InChI is InChI=1S/C10H7N3O4/c14-9(15)7-2-1-3-8(11-7)12-4-5-13(6-12)10(16)17/h1-5H,(H,14,15)(H,16,17). The summed E-state index contributed by atoms with van der Waals surface area (Å²) in [6.45, 7) is 2.47. The molecule has 0 bridgehead atoms. The van der Waals surface area contributed by atoms with E-state index in [0.29, 0.717) is 0 Å². The highest BCUT2D eigenvalue weighted by molar-refractivity contribution is 5.85. The Hall–Kier alpha value is -2.57. The van der Waals surface area contributed by atoms with Gasteiger partial charge in [-0.25, -0.2) is 14.6 Å². The van der Waals surface area contributed by atoms with Crippen LogP contribution in [0.15, 0.2) is 30.6 Å². The molecule has 2 radical (unpaired) electrons. The fourth-order valence-corrected chi connectivity index (χ4v) is 1.23. The molecular formula is C10H7N3O4. The molecule has 1 aromatic rings. The molecule has 0 fully saturated rings. The molecule has 7 heteroatoms. The normalized spacial score (nSPS) is 14.1. The lowest BCUT2D eigenvalue weighted by Crippen LogP contribution is -2.24. The van der Waals surface area contributed by atoms with Crippen LogP contribution < -0.4 is 4.90 Å². The Bertz CT molecular complexity index is 500. The molecule has 1 amide bonds. The van der Waals surface area contributed by atoms with Crippen LogP contribution in [0.2, 0.25) is 0 Å². The van der Waals surface area contributed by atoms with Crippen LogP contribution >= 0.6 is 0 Å². The molecular weight excluding hydrogens is 226 g/mol. The van der Waals surface area contributed by atoms with Crippen LogP contribution in [-0.4, -0.2) is 32.2 Å². The molecule has 0 atom stereocenters. The van der Waals surface area contributed by atoms with E-state index in [1.807, 2.05) is 0 Å². The Labute approximate surface area is 96.2 Å².